The van der Waals surface area contributed by atoms with Crippen molar-refractivity contribution in [2.45, 2.75) is 19.1 Å². The average Bonchev–Trinajstić information content (AvgIpc) is 2.32. The SMILES string of the molecule is CCS(=O)(=O)C(C)C(=O)Nc1ccc(F)c(F)c1. The van der Waals surface area contributed by atoms with Gasteiger partial charge in [0.05, 0.1) is 0 Å². The Hall–Kier alpha value is -1.50. The van der Waals surface area contributed by atoms with E-state index in [1.54, 1.807) is 0 Å². The molecule has 18 heavy (non-hydrogen) atoms. The Balaban J connectivity index is 2.85. The standard InChI is InChI=1S/C11H13F2NO3S/c1-3-18(16,17)7(2)11(15)14-8-4-5-9(12)10(13)6-8/h4-7H,3H2,1-2H3,(H,14,15). The lowest BCUT2D eigenvalue weighted by atomic mass is 10.3. The molecule has 0 bridgehead atoms. The topological polar surface area (TPSA) is 63.2 Å². The van der Waals surface area contributed by atoms with Crippen molar-refractivity contribution in [1.29, 1.82) is 0 Å². The molecule has 1 rings (SSSR count). The van der Waals surface area contributed by atoms with Crippen molar-refractivity contribution in [3.05, 3.63) is 29.8 Å². The predicted molar refractivity (Wildman–Crippen MR) is 63.9 cm³/mol. The molecule has 0 saturated heterocycles. The number of nitrogens with one attached hydrogen (secondary N) is 1. The van der Waals surface area contributed by atoms with Crippen molar-refractivity contribution in [2.75, 3.05) is 11.1 Å². The second kappa shape index (κ2) is 5.43. The molecule has 7 heteroatoms. The minimum absolute atomic E-state index is 0.0112. The third-order valence-electron chi connectivity index (χ3n) is 2.50. The summed E-state index contributed by atoms with van der Waals surface area (Å²) in [7, 11) is -3.52. The highest BCUT2D eigenvalue weighted by atomic mass is 32.2. The summed E-state index contributed by atoms with van der Waals surface area (Å²) >= 11 is 0. The third-order valence-corrected chi connectivity index (χ3v) is 4.59. The summed E-state index contributed by atoms with van der Waals surface area (Å²) in [6.07, 6.45) is 0. The van der Waals surface area contributed by atoms with Crippen LogP contribution < -0.4 is 5.32 Å². The molecule has 0 spiro atoms. The van der Waals surface area contributed by atoms with Gasteiger partial charge in [-0.05, 0) is 19.1 Å². The van der Waals surface area contributed by atoms with Crippen molar-refractivity contribution >= 4 is 21.4 Å². The lowest BCUT2D eigenvalue weighted by molar-refractivity contribution is -0.115. The third kappa shape index (κ3) is 3.25. The Labute approximate surface area is 104 Å². The van der Waals surface area contributed by atoms with Crippen molar-refractivity contribution in [2.24, 2.45) is 0 Å². The van der Waals surface area contributed by atoms with Crippen LogP contribution in [0.25, 0.3) is 0 Å². The van der Waals surface area contributed by atoms with Crippen LogP contribution in [0.15, 0.2) is 18.2 Å². The van der Waals surface area contributed by atoms with Crippen LogP contribution in [0.1, 0.15) is 13.8 Å². The van der Waals surface area contributed by atoms with Crippen LogP contribution in [-0.2, 0) is 14.6 Å². The molecule has 0 heterocycles. The summed E-state index contributed by atoms with van der Waals surface area (Å²) in [6.45, 7) is 2.67. The zero-order valence-corrected chi connectivity index (χ0v) is 10.7. The molecule has 1 aromatic rings. The zero-order valence-electron chi connectivity index (χ0n) is 9.91. The number of hydrogen-bond acceptors (Lipinski definition) is 3. The van der Waals surface area contributed by atoms with E-state index in [-0.39, 0.29) is 11.4 Å². The fraction of sp³-hybridized carbons (Fsp3) is 0.364. The van der Waals surface area contributed by atoms with Crippen LogP contribution in [-0.4, -0.2) is 25.3 Å². The number of sulfone groups is 1. The number of carbonyl (C=O) groups is 1. The first-order chi connectivity index (χ1) is 8.27. The lowest BCUT2D eigenvalue weighted by Crippen LogP contribution is -2.33. The first-order valence-electron chi connectivity index (χ1n) is 5.25. The smallest absolute Gasteiger partial charge is 0.242 e. The van der Waals surface area contributed by atoms with Gasteiger partial charge in [0.25, 0.3) is 0 Å². The molecule has 1 amide bonds. The van der Waals surface area contributed by atoms with Gasteiger partial charge in [-0.2, -0.15) is 0 Å². The minimum Gasteiger partial charge on any atom is -0.325 e. The Kier molecular flexibility index (Phi) is 4.39. The molecule has 0 radical (unpaired) electrons. The molecule has 100 valence electrons. The Morgan fingerprint density at radius 3 is 2.44 bits per heavy atom. The molecule has 0 aliphatic rings. The van der Waals surface area contributed by atoms with Crippen LogP contribution in [0.4, 0.5) is 14.5 Å². The predicted octanol–water partition coefficient (Wildman–Crippen LogP) is 1.73. The highest BCUT2D eigenvalue weighted by Crippen LogP contribution is 2.14. The maximum absolute atomic E-state index is 12.9. The molecule has 1 N–H and O–H groups in total. The van der Waals surface area contributed by atoms with E-state index in [1.165, 1.54) is 13.8 Å². The number of hydrogen-bond donors (Lipinski definition) is 1. The lowest BCUT2D eigenvalue weighted by Gasteiger charge is -2.12. The van der Waals surface area contributed by atoms with Crippen molar-refractivity contribution in [3.63, 3.8) is 0 Å². The second-order valence-electron chi connectivity index (χ2n) is 3.71. The van der Waals surface area contributed by atoms with Crippen LogP contribution in [0.2, 0.25) is 0 Å². The molecule has 1 atom stereocenters. The second-order valence-corrected chi connectivity index (χ2v) is 6.32. The summed E-state index contributed by atoms with van der Waals surface area (Å²) in [5.74, 6) is -3.09. The van der Waals surface area contributed by atoms with Gasteiger partial charge in [-0.3, -0.25) is 4.79 Å². The monoisotopic (exact) mass is 277 g/mol. The fourth-order valence-corrected chi connectivity index (χ4v) is 2.12. The summed E-state index contributed by atoms with van der Waals surface area (Å²) in [5.41, 5.74) is 0.0112. The van der Waals surface area contributed by atoms with E-state index in [4.69, 9.17) is 0 Å². The van der Waals surface area contributed by atoms with E-state index in [0.29, 0.717) is 0 Å². The van der Waals surface area contributed by atoms with Crippen LogP contribution in [0, 0.1) is 11.6 Å². The summed E-state index contributed by atoms with van der Waals surface area (Å²) in [5, 5.41) is 0.985. The number of halogens is 2. The van der Waals surface area contributed by atoms with Gasteiger partial charge < -0.3 is 5.32 Å². The highest BCUT2D eigenvalue weighted by Gasteiger charge is 2.26. The first-order valence-corrected chi connectivity index (χ1v) is 6.97. The Morgan fingerprint density at radius 1 is 1.33 bits per heavy atom. The maximum atomic E-state index is 12.9. The Morgan fingerprint density at radius 2 is 1.94 bits per heavy atom. The first kappa shape index (κ1) is 14.6. The highest BCUT2D eigenvalue weighted by molar-refractivity contribution is 7.92. The Bertz CT molecular complexity index is 557. The van der Waals surface area contributed by atoms with E-state index in [1.807, 2.05) is 0 Å². The van der Waals surface area contributed by atoms with Crippen molar-refractivity contribution in [1.82, 2.24) is 0 Å². The van der Waals surface area contributed by atoms with Gasteiger partial charge in [0, 0.05) is 17.5 Å². The molecular formula is C11H13F2NO3S. The van der Waals surface area contributed by atoms with Crippen molar-refractivity contribution in [3.8, 4) is 0 Å². The largest absolute Gasteiger partial charge is 0.325 e. The summed E-state index contributed by atoms with van der Waals surface area (Å²) in [6, 6.07) is 2.80. The van der Waals surface area contributed by atoms with Gasteiger partial charge >= 0.3 is 0 Å². The summed E-state index contributed by atoms with van der Waals surface area (Å²) < 4.78 is 48.5. The van der Waals surface area contributed by atoms with Crippen LogP contribution in [0.5, 0.6) is 0 Å². The zero-order chi connectivity index (χ0) is 13.9. The number of rotatable bonds is 4. The van der Waals surface area contributed by atoms with Crippen LogP contribution in [0.3, 0.4) is 0 Å². The van der Waals surface area contributed by atoms with Gasteiger partial charge in [-0.15, -0.1) is 0 Å². The molecule has 4 nitrogen and oxygen atoms in total. The molecule has 1 aromatic carbocycles. The number of carbonyl (C=O) groups excluding carboxylic acids is 1. The van der Waals surface area contributed by atoms with E-state index >= 15 is 0 Å². The molecule has 0 aliphatic heterocycles. The van der Waals surface area contributed by atoms with E-state index in [9.17, 15) is 22.0 Å². The molecule has 0 aliphatic carbocycles. The fourth-order valence-electron chi connectivity index (χ4n) is 1.23. The number of anilines is 1. The molecular weight excluding hydrogens is 264 g/mol. The number of amides is 1. The molecule has 1 unspecified atom stereocenters. The van der Waals surface area contributed by atoms with E-state index in [2.05, 4.69) is 5.32 Å². The van der Waals surface area contributed by atoms with E-state index < -0.39 is 32.6 Å². The molecule has 0 saturated carbocycles. The van der Waals surface area contributed by atoms with Crippen LogP contribution >= 0.6 is 0 Å². The number of benzene rings is 1. The van der Waals surface area contributed by atoms with Gasteiger partial charge in [-0.25, -0.2) is 17.2 Å². The quantitative estimate of drug-likeness (QED) is 0.911. The van der Waals surface area contributed by atoms with Gasteiger partial charge in [0.2, 0.25) is 5.91 Å². The minimum atomic E-state index is -3.52. The van der Waals surface area contributed by atoms with E-state index in [0.717, 1.165) is 18.2 Å². The molecule has 0 fully saturated rings. The van der Waals surface area contributed by atoms with Crippen molar-refractivity contribution < 1.29 is 22.0 Å². The maximum Gasteiger partial charge on any atom is 0.242 e. The normalized spacial score (nSPS) is 13.1. The van der Waals surface area contributed by atoms with Gasteiger partial charge in [-0.1, -0.05) is 6.92 Å². The summed E-state index contributed by atoms with van der Waals surface area (Å²) in [4.78, 5) is 11.6. The molecule has 0 aromatic heterocycles. The van der Waals surface area contributed by atoms with Gasteiger partial charge in [0.1, 0.15) is 5.25 Å². The van der Waals surface area contributed by atoms with Gasteiger partial charge in [0.15, 0.2) is 21.5 Å². The average molecular weight is 277 g/mol.